The Balaban J connectivity index is 0.00000291. The lowest BCUT2D eigenvalue weighted by Gasteiger charge is -2.22. The molecule has 1 N–H and O–H groups in total. The number of rotatable bonds is 7. The molecule has 0 aliphatic heterocycles. The summed E-state index contributed by atoms with van der Waals surface area (Å²) < 4.78 is 37.1. The molecule has 2 rings (SSSR count). The number of halogens is 2. The van der Waals surface area contributed by atoms with Crippen LogP contribution in [0.25, 0.3) is 11.3 Å². The second kappa shape index (κ2) is 12.6. The van der Waals surface area contributed by atoms with Crippen molar-refractivity contribution in [2.24, 2.45) is 7.05 Å². The van der Waals surface area contributed by atoms with Crippen LogP contribution < -0.4 is 5.32 Å². The molecule has 174 valence electrons. The van der Waals surface area contributed by atoms with Gasteiger partial charge in [0.05, 0.1) is 25.2 Å². The predicted octanol–water partition coefficient (Wildman–Crippen LogP) is 3.73. The summed E-state index contributed by atoms with van der Waals surface area (Å²) in [5.41, 5.74) is 1.30. The molecule has 0 aliphatic carbocycles. The van der Waals surface area contributed by atoms with Crippen molar-refractivity contribution < 1.29 is 32.9 Å². The Bertz CT molecular complexity index is 858. The van der Waals surface area contributed by atoms with Gasteiger partial charge in [-0.3, -0.25) is 9.67 Å². The van der Waals surface area contributed by atoms with Gasteiger partial charge in [0, 0.05) is 39.1 Å². The van der Waals surface area contributed by atoms with Gasteiger partial charge in [-0.25, -0.2) is 14.0 Å². The van der Waals surface area contributed by atoms with Crippen LogP contribution in [0.4, 0.5) is 13.7 Å². The highest BCUT2D eigenvalue weighted by atomic mass is 19.3. The van der Waals surface area contributed by atoms with Gasteiger partial charge in [0.15, 0.2) is 0 Å². The summed E-state index contributed by atoms with van der Waals surface area (Å²) in [6.45, 7) is 6.33. The number of carbonyl (C=O) groups excluding carboxylic acids is 2. The van der Waals surface area contributed by atoms with E-state index in [1.165, 1.54) is 16.9 Å². The highest BCUT2D eigenvalue weighted by Gasteiger charge is 2.29. The van der Waals surface area contributed by atoms with Crippen molar-refractivity contribution in [3.05, 3.63) is 36.0 Å². The van der Waals surface area contributed by atoms with Crippen LogP contribution in [0.1, 0.15) is 40.7 Å². The van der Waals surface area contributed by atoms with E-state index in [2.05, 4.69) is 25.1 Å². The summed E-state index contributed by atoms with van der Waals surface area (Å²) in [4.78, 5) is 31.6. The standard InChI is InChI=1S/C17H20F2N4O5.C2H6.CH4/c1-17(2,28-19)27-16(25)22-13(15(24)26-4)6-10-5-12(18)8-20-14(10)11-7-21-23(3)9-11;1-2;/h5,7-9,13H,6H2,1-4H3,(H,22,25);1-2H3;1H4. The molecule has 2 heterocycles. The Morgan fingerprint density at radius 3 is 2.45 bits per heavy atom. The van der Waals surface area contributed by atoms with Crippen molar-refractivity contribution in [3.8, 4) is 11.3 Å². The number of amides is 1. The van der Waals surface area contributed by atoms with Crippen molar-refractivity contribution in [1.29, 1.82) is 0 Å². The van der Waals surface area contributed by atoms with Crippen molar-refractivity contribution in [3.63, 3.8) is 0 Å². The van der Waals surface area contributed by atoms with Gasteiger partial charge in [0.2, 0.25) is 5.79 Å². The van der Waals surface area contributed by atoms with E-state index in [1.807, 2.05) is 13.8 Å². The second-order valence-electron chi connectivity index (χ2n) is 6.35. The molecule has 31 heavy (non-hydrogen) atoms. The monoisotopic (exact) mass is 444 g/mol. The van der Waals surface area contributed by atoms with E-state index in [4.69, 9.17) is 4.74 Å². The number of nitrogens with zero attached hydrogens (tertiary/aromatic N) is 3. The van der Waals surface area contributed by atoms with Crippen molar-refractivity contribution in [1.82, 2.24) is 20.1 Å². The number of aromatic nitrogens is 3. The van der Waals surface area contributed by atoms with Gasteiger partial charge in [0.25, 0.3) is 0 Å². The summed E-state index contributed by atoms with van der Waals surface area (Å²) in [5, 5.41) is 6.29. The first-order valence-electron chi connectivity index (χ1n) is 9.15. The van der Waals surface area contributed by atoms with Gasteiger partial charge in [-0.05, 0) is 16.2 Å². The number of ether oxygens (including phenoxy) is 2. The maximum Gasteiger partial charge on any atom is 0.410 e. The molecule has 1 unspecified atom stereocenters. The number of hydrogen-bond acceptors (Lipinski definition) is 7. The molecule has 1 amide bonds. The fraction of sp³-hybridized carbons (Fsp3) is 0.500. The minimum absolute atomic E-state index is 0. The summed E-state index contributed by atoms with van der Waals surface area (Å²) >= 11 is 0. The number of pyridine rings is 1. The van der Waals surface area contributed by atoms with Crippen LogP contribution in [0.5, 0.6) is 0 Å². The van der Waals surface area contributed by atoms with Crippen LogP contribution in [0, 0.1) is 5.82 Å². The SMILES string of the molecule is C.CC.COC(=O)C(Cc1cc(F)cnc1-c1cnn(C)c1)NC(=O)OC(C)(C)OF. The molecule has 0 fully saturated rings. The summed E-state index contributed by atoms with van der Waals surface area (Å²) in [7, 11) is 2.83. The molecule has 0 aliphatic rings. The average Bonchev–Trinajstić information content (AvgIpc) is 3.14. The highest BCUT2D eigenvalue weighted by molar-refractivity contribution is 5.82. The van der Waals surface area contributed by atoms with E-state index < -0.39 is 29.7 Å². The normalized spacial score (nSPS) is 11.4. The van der Waals surface area contributed by atoms with Gasteiger partial charge in [-0.2, -0.15) is 5.10 Å². The molecular weight excluding hydrogens is 414 g/mol. The Morgan fingerprint density at radius 2 is 1.94 bits per heavy atom. The first kappa shape index (κ1) is 27.9. The van der Waals surface area contributed by atoms with E-state index in [9.17, 15) is 18.5 Å². The molecule has 0 spiro atoms. The van der Waals surface area contributed by atoms with E-state index in [1.54, 1.807) is 13.2 Å². The fourth-order valence-electron chi connectivity index (χ4n) is 2.41. The van der Waals surface area contributed by atoms with Gasteiger partial charge in [-0.1, -0.05) is 21.3 Å². The molecule has 0 bridgehead atoms. The Labute approximate surface area is 180 Å². The number of carbonyl (C=O) groups is 2. The number of nitrogens with one attached hydrogen (secondary N) is 1. The summed E-state index contributed by atoms with van der Waals surface area (Å²) in [6, 6.07) is -0.0562. The van der Waals surface area contributed by atoms with Crippen molar-refractivity contribution in [2.75, 3.05) is 7.11 Å². The number of esters is 1. The Kier molecular flexibility index (Phi) is 11.3. The van der Waals surface area contributed by atoms with E-state index in [0.29, 0.717) is 16.8 Å². The molecule has 11 heteroatoms. The zero-order valence-electron chi connectivity index (χ0n) is 17.7. The van der Waals surface area contributed by atoms with Crippen LogP contribution >= 0.6 is 0 Å². The van der Waals surface area contributed by atoms with Gasteiger partial charge < -0.3 is 14.8 Å². The summed E-state index contributed by atoms with van der Waals surface area (Å²) in [5.74, 6) is -3.29. The smallest absolute Gasteiger partial charge is 0.410 e. The number of hydrogen-bond donors (Lipinski definition) is 1. The lowest BCUT2D eigenvalue weighted by Crippen LogP contribution is -2.46. The van der Waals surface area contributed by atoms with E-state index in [0.717, 1.165) is 27.2 Å². The van der Waals surface area contributed by atoms with Crippen LogP contribution in [0.3, 0.4) is 0 Å². The minimum Gasteiger partial charge on any atom is -0.467 e. The number of methoxy groups -OCH3 is 1. The lowest BCUT2D eigenvalue weighted by molar-refractivity contribution is -0.307. The highest BCUT2D eigenvalue weighted by Crippen LogP contribution is 2.23. The van der Waals surface area contributed by atoms with Crippen LogP contribution in [0.2, 0.25) is 0 Å². The van der Waals surface area contributed by atoms with E-state index in [-0.39, 0.29) is 13.8 Å². The maximum atomic E-state index is 13.8. The quantitative estimate of drug-likeness (QED) is 0.512. The Morgan fingerprint density at radius 1 is 1.29 bits per heavy atom. The fourth-order valence-corrected chi connectivity index (χ4v) is 2.41. The second-order valence-corrected chi connectivity index (χ2v) is 6.35. The summed E-state index contributed by atoms with van der Waals surface area (Å²) in [6.07, 6.45) is 2.94. The topological polar surface area (TPSA) is 105 Å². The predicted molar refractivity (Wildman–Crippen MR) is 110 cm³/mol. The molecule has 0 aromatic carbocycles. The molecule has 0 radical (unpaired) electrons. The van der Waals surface area contributed by atoms with E-state index >= 15 is 0 Å². The third kappa shape index (κ3) is 8.28. The Hall–Kier alpha value is -3.08. The largest absolute Gasteiger partial charge is 0.467 e. The zero-order valence-corrected chi connectivity index (χ0v) is 17.7. The first-order chi connectivity index (χ1) is 14.1. The first-order valence-corrected chi connectivity index (χ1v) is 9.15. The number of alkyl carbamates (subject to hydrolysis) is 1. The van der Waals surface area contributed by atoms with Gasteiger partial charge >= 0.3 is 12.1 Å². The molecule has 1 atom stereocenters. The third-order valence-corrected chi connectivity index (χ3v) is 3.64. The third-order valence-electron chi connectivity index (χ3n) is 3.64. The number of aryl methyl sites for hydroxylation is 1. The van der Waals surface area contributed by atoms with Gasteiger partial charge in [-0.15, -0.1) is 4.94 Å². The molecule has 0 saturated heterocycles. The molecule has 9 nitrogen and oxygen atoms in total. The van der Waals surface area contributed by atoms with Crippen LogP contribution in [-0.4, -0.2) is 45.8 Å². The molecule has 0 saturated carbocycles. The molecular formula is C20H30F2N4O5. The van der Waals surface area contributed by atoms with Crippen LogP contribution in [0.15, 0.2) is 24.7 Å². The van der Waals surface area contributed by atoms with Crippen LogP contribution in [-0.2, 0) is 32.7 Å². The zero-order chi connectivity index (χ0) is 22.9. The average molecular weight is 444 g/mol. The minimum atomic E-state index is -1.86. The van der Waals surface area contributed by atoms with Crippen molar-refractivity contribution >= 4 is 12.1 Å². The lowest BCUT2D eigenvalue weighted by atomic mass is 10.0. The maximum absolute atomic E-state index is 13.8. The van der Waals surface area contributed by atoms with Crippen molar-refractivity contribution in [2.45, 2.75) is 53.4 Å². The molecule has 2 aromatic rings. The van der Waals surface area contributed by atoms with Gasteiger partial charge in [0.1, 0.15) is 11.9 Å². The molecule has 2 aromatic heterocycles.